The van der Waals surface area contributed by atoms with Crippen molar-refractivity contribution in [1.29, 1.82) is 0 Å². The molecule has 0 bridgehead atoms. The fraction of sp³-hybridized carbons (Fsp3) is 0.647. The molecule has 0 aromatic carbocycles. The Morgan fingerprint density at radius 3 is 2.65 bits per heavy atom. The number of amides is 1. The van der Waals surface area contributed by atoms with Crippen LogP contribution in [0, 0.1) is 6.92 Å². The number of aryl methyl sites for hydroxylation is 1. The Labute approximate surface area is 136 Å². The van der Waals surface area contributed by atoms with Crippen molar-refractivity contribution in [2.24, 2.45) is 0 Å². The van der Waals surface area contributed by atoms with Gasteiger partial charge in [-0.3, -0.25) is 4.79 Å². The molecule has 1 aromatic rings. The molecule has 23 heavy (non-hydrogen) atoms. The molecule has 0 saturated heterocycles. The van der Waals surface area contributed by atoms with E-state index in [-0.39, 0.29) is 17.6 Å². The van der Waals surface area contributed by atoms with Gasteiger partial charge < -0.3 is 19.7 Å². The molecule has 2 N–H and O–H groups in total. The van der Waals surface area contributed by atoms with E-state index in [1.165, 1.54) is 6.07 Å². The third-order valence-corrected chi connectivity index (χ3v) is 4.02. The second-order valence-corrected chi connectivity index (χ2v) is 7.16. The van der Waals surface area contributed by atoms with E-state index in [0.717, 1.165) is 5.69 Å². The second kappa shape index (κ2) is 6.74. The van der Waals surface area contributed by atoms with Crippen LogP contribution < -0.4 is 10.9 Å². The number of carbonyl (C=O) groups is 1. The van der Waals surface area contributed by atoms with Crippen molar-refractivity contribution in [2.45, 2.75) is 70.7 Å². The summed E-state index contributed by atoms with van der Waals surface area (Å²) in [5, 5.41) is 12.9. The smallest absolute Gasteiger partial charge is 0.407 e. The molecule has 2 rings (SSSR count). The van der Waals surface area contributed by atoms with E-state index in [2.05, 4.69) is 5.32 Å². The van der Waals surface area contributed by atoms with Crippen molar-refractivity contribution < 1.29 is 14.6 Å². The van der Waals surface area contributed by atoms with Gasteiger partial charge in [0.15, 0.2) is 0 Å². The first-order valence-electron chi connectivity index (χ1n) is 8.03. The first-order valence-corrected chi connectivity index (χ1v) is 8.03. The lowest BCUT2D eigenvalue weighted by Crippen LogP contribution is -2.49. The van der Waals surface area contributed by atoms with Gasteiger partial charge in [0.2, 0.25) is 0 Å². The van der Waals surface area contributed by atoms with Crippen molar-refractivity contribution in [3.05, 3.63) is 34.2 Å². The number of aliphatic hydroxyl groups is 1. The number of alkyl carbamates (subject to hydrolysis) is 1. The lowest BCUT2D eigenvalue weighted by molar-refractivity contribution is 0.0393. The van der Waals surface area contributed by atoms with Crippen molar-refractivity contribution in [3.8, 4) is 0 Å². The molecule has 6 heteroatoms. The van der Waals surface area contributed by atoms with Crippen molar-refractivity contribution in [1.82, 2.24) is 9.88 Å². The zero-order valence-corrected chi connectivity index (χ0v) is 14.2. The number of hydrogen-bond donors (Lipinski definition) is 2. The predicted octanol–water partition coefficient (Wildman–Crippen LogP) is 2.14. The molecule has 0 radical (unpaired) electrons. The van der Waals surface area contributed by atoms with Gasteiger partial charge in [-0.25, -0.2) is 4.79 Å². The van der Waals surface area contributed by atoms with E-state index < -0.39 is 17.8 Å². The summed E-state index contributed by atoms with van der Waals surface area (Å²) >= 11 is 0. The number of nitrogens with one attached hydrogen (secondary N) is 1. The molecule has 6 nitrogen and oxygen atoms in total. The zero-order valence-electron chi connectivity index (χ0n) is 14.2. The highest BCUT2D eigenvalue weighted by Gasteiger charge is 2.34. The Kier molecular flexibility index (Phi) is 5.14. The summed E-state index contributed by atoms with van der Waals surface area (Å²) in [6.07, 6.45) is 0.669. The summed E-state index contributed by atoms with van der Waals surface area (Å²) in [7, 11) is 0. The number of nitrogens with zero attached hydrogens (tertiary/aromatic N) is 1. The number of ether oxygens (including phenoxy) is 1. The monoisotopic (exact) mass is 322 g/mol. The van der Waals surface area contributed by atoms with Gasteiger partial charge in [0.05, 0.1) is 18.2 Å². The molecular formula is C17H26N2O4. The van der Waals surface area contributed by atoms with E-state index in [4.69, 9.17) is 4.74 Å². The van der Waals surface area contributed by atoms with Crippen LogP contribution in [0.5, 0.6) is 0 Å². The van der Waals surface area contributed by atoms with Crippen LogP contribution in [-0.4, -0.2) is 33.5 Å². The number of aromatic nitrogens is 1. The molecule has 1 fully saturated rings. The number of rotatable bonds is 2. The number of hydrogen-bond acceptors (Lipinski definition) is 4. The first-order chi connectivity index (χ1) is 10.7. The molecular weight excluding hydrogens is 296 g/mol. The predicted molar refractivity (Wildman–Crippen MR) is 87.5 cm³/mol. The Morgan fingerprint density at radius 2 is 2.04 bits per heavy atom. The van der Waals surface area contributed by atoms with Crippen molar-refractivity contribution in [2.75, 3.05) is 0 Å². The molecule has 0 aliphatic heterocycles. The minimum absolute atomic E-state index is 0.125. The molecule has 1 aliphatic carbocycles. The van der Waals surface area contributed by atoms with Gasteiger partial charge in [-0.15, -0.1) is 0 Å². The maximum Gasteiger partial charge on any atom is 0.407 e. The van der Waals surface area contributed by atoms with Gasteiger partial charge >= 0.3 is 6.09 Å². The maximum absolute atomic E-state index is 12.2. The Morgan fingerprint density at radius 1 is 1.35 bits per heavy atom. The topological polar surface area (TPSA) is 80.6 Å². The third-order valence-electron chi connectivity index (χ3n) is 4.02. The summed E-state index contributed by atoms with van der Waals surface area (Å²) < 4.78 is 6.97. The number of carbonyl (C=O) groups excluding carboxylic acids is 1. The van der Waals surface area contributed by atoms with Crippen LogP contribution in [0.2, 0.25) is 0 Å². The molecule has 1 aromatic heterocycles. The van der Waals surface area contributed by atoms with E-state index in [9.17, 15) is 14.7 Å². The summed E-state index contributed by atoms with van der Waals surface area (Å²) in [6, 6.07) is 4.54. The standard InChI is InChI=1S/C17H26N2O4/c1-11-6-5-7-15(21)19(11)14-10-12(20)8-9-13(14)18-16(22)23-17(2,3)4/h5-7,12-14,20H,8-10H2,1-4H3,(H,18,22). The van der Waals surface area contributed by atoms with Crippen LogP contribution in [0.3, 0.4) is 0 Å². The second-order valence-electron chi connectivity index (χ2n) is 7.16. The van der Waals surface area contributed by atoms with Crippen LogP contribution in [0.15, 0.2) is 23.0 Å². The normalized spacial score (nSPS) is 25.0. The highest BCUT2D eigenvalue weighted by molar-refractivity contribution is 5.68. The Hall–Kier alpha value is -1.82. The SMILES string of the molecule is Cc1cccc(=O)n1C1CC(O)CCC1NC(=O)OC(C)(C)C. The molecule has 1 aliphatic rings. The molecule has 3 atom stereocenters. The highest BCUT2D eigenvalue weighted by Crippen LogP contribution is 2.29. The molecule has 1 amide bonds. The van der Waals surface area contributed by atoms with Gasteiger partial charge in [0.25, 0.3) is 5.56 Å². The van der Waals surface area contributed by atoms with E-state index >= 15 is 0 Å². The average molecular weight is 322 g/mol. The maximum atomic E-state index is 12.2. The summed E-state index contributed by atoms with van der Waals surface area (Å²) in [6.45, 7) is 7.27. The Balaban J connectivity index is 2.23. The number of aliphatic hydroxyl groups excluding tert-OH is 1. The van der Waals surface area contributed by atoms with Crippen LogP contribution in [0.4, 0.5) is 4.79 Å². The van der Waals surface area contributed by atoms with Gasteiger partial charge in [0.1, 0.15) is 5.60 Å². The molecule has 1 saturated carbocycles. The Bertz CT molecular complexity index is 618. The summed E-state index contributed by atoms with van der Waals surface area (Å²) in [5.41, 5.74) is 0.112. The third kappa shape index (κ3) is 4.58. The van der Waals surface area contributed by atoms with Gasteiger partial charge in [-0.05, 0) is 53.0 Å². The quantitative estimate of drug-likeness (QED) is 0.874. The highest BCUT2D eigenvalue weighted by atomic mass is 16.6. The van der Waals surface area contributed by atoms with E-state index in [1.807, 2.05) is 13.0 Å². The lowest BCUT2D eigenvalue weighted by atomic mass is 9.87. The van der Waals surface area contributed by atoms with Crippen LogP contribution >= 0.6 is 0 Å². The molecule has 0 spiro atoms. The zero-order chi connectivity index (χ0) is 17.2. The van der Waals surface area contributed by atoms with E-state index in [1.54, 1.807) is 31.4 Å². The van der Waals surface area contributed by atoms with Gasteiger partial charge in [0, 0.05) is 11.8 Å². The minimum Gasteiger partial charge on any atom is -0.444 e. The molecule has 128 valence electrons. The molecule has 1 heterocycles. The van der Waals surface area contributed by atoms with Crippen molar-refractivity contribution >= 4 is 6.09 Å². The van der Waals surface area contributed by atoms with Gasteiger partial charge in [-0.1, -0.05) is 6.07 Å². The number of pyridine rings is 1. The van der Waals surface area contributed by atoms with Crippen LogP contribution in [0.25, 0.3) is 0 Å². The fourth-order valence-corrected chi connectivity index (χ4v) is 3.07. The minimum atomic E-state index is -0.576. The van der Waals surface area contributed by atoms with Crippen LogP contribution in [-0.2, 0) is 4.74 Å². The van der Waals surface area contributed by atoms with Gasteiger partial charge in [-0.2, -0.15) is 0 Å². The average Bonchev–Trinajstić information content (AvgIpc) is 2.39. The van der Waals surface area contributed by atoms with Crippen LogP contribution in [0.1, 0.15) is 51.8 Å². The van der Waals surface area contributed by atoms with Crippen molar-refractivity contribution in [3.63, 3.8) is 0 Å². The fourth-order valence-electron chi connectivity index (χ4n) is 3.07. The first kappa shape index (κ1) is 17.5. The lowest BCUT2D eigenvalue weighted by Gasteiger charge is -2.36. The van der Waals surface area contributed by atoms with E-state index in [0.29, 0.717) is 19.3 Å². The largest absolute Gasteiger partial charge is 0.444 e. The summed E-state index contributed by atoms with van der Waals surface area (Å²) in [5.74, 6) is 0. The molecule has 3 unspecified atom stereocenters. The summed E-state index contributed by atoms with van der Waals surface area (Å²) in [4.78, 5) is 24.3.